The first-order chi connectivity index (χ1) is 9.08. The van der Waals surface area contributed by atoms with Crippen molar-refractivity contribution in [3.63, 3.8) is 0 Å². The second kappa shape index (κ2) is 6.27. The molecule has 0 fully saturated rings. The summed E-state index contributed by atoms with van der Waals surface area (Å²) < 4.78 is 0.507. The molecule has 19 heavy (non-hydrogen) atoms. The fourth-order valence-electron chi connectivity index (χ4n) is 1.72. The third kappa shape index (κ3) is 3.62. The van der Waals surface area contributed by atoms with Crippen molar-refractivity contribution >= 4 is 33.0 Å². The Balaban J connectivity index is 2.04. The Hall–Kier alpha value is -1.24. The second-order valence-electron chi connectivity index (χ2n) is 4.20. The molecule has 0 saturated carbocycles. The lowest BCUT2D eigenvalue weighted by molar-refractivity contribution is -0.385. The van der Waals surface area contributed by atoms with Gasteiger partial charge >= 0.3 is 0 Å². The van der Waals surface area contributed by atoms with Gasteiger partial charge in [0.2, 0.25) is 0 Å². The lowest BCUT2D eigenvalue weighted by atomic mass is 10.1. The molecule has 1 unspecified atom stereocenters. The maximum atomic E-state index is 10.9. The summed E-state index contributed by atoms with van der Waals surface area (Å²) in [7, 11) is 0. The summed E-state index contributed by atoms with van der Waals surface area (Å²) in [5.41, 5.74) is 2.23. The summed E-state index contributed by atoms with van der Waals surface area (Å²) in [5, 5.41) is 18.3. The minimum absolute atomic E-state index is 0.0995. The van der Waals surface area contributed by atoms with E-state index in [2.05, 4.69) is 39.6 Å². The van der Waals surface area contributed by atoms with E-state index >= 15 is 0 Å². The van der Waals surface area contributed by atoms with Crippen molar-refractivity contribution in [1.29, 1.82) is 0 Å². The standard InChI is InChI=1S/C13H13BrN2O2S/c1-9(11-4-5-19-8-11)15-7-10-2-3-12(14)13(6-10)16(17)18/h2-6,8-9,15H,7H2,1H3. The number of hydrogen-bond acceptors (Lipinski definition) is 4. The van der Waals surface area contributed by atoms with Gasteiger partial charge in [-0.25, -0.2) is 0 Å². The Labute approximate surface area is 123 Å². The number of nitro benzene ring substituents is 1. The molecule has 0 bridgehead atoms. The summed E-state index contributed by atoms with van der Waals surface area (Å²) in [6.07, 6.45) is 0. The summed E-state index contributed by atoms with van der Waals surface area (Å²) in [6.45, 7) is 2.68. The van der Waals surface area contributed by atoms with Gasteiger partial charge < -0.3 is 5.32 Å². The van der Waals surface area contributed by atoms with Gasteiger partial charge in [0.15, 0.2) is 0 Å². The van der Waals surface area contributed by atoms with Crippen LogP contribution in [0.15, 0.2) is 39.5 Å². The molecule has 1 aromatic heterocycles. The van der Waals surface area contributed by atoms with Crippen LogP contribution in [-0.2, 0) is 6.54 Å². The zero-order valence-electron chi connectivity index (χ0n) is 10.3. The van der Waals surface area contributed by atoms with Gasteiger partial charge in [0.1, 0.15) is 0 Å². The van der Waals surface area contributed by atoms with Gasteiger partial charge in [-0.15, -0.1) is 0 Å². The van der Waals surface area contributed by atoms with Crippen molar-refractivity contribution < 1.29 is 4.92 Å². The maximum absolute atomic E-state index is 10.9. The van der Waals surface area contributed by atoms with E-state index in [1.54, 1.807) is 23.5 Å². The van der Waals surface area contributed by atoms with Crippen molar-refractivity contribution in [1.82, 2.24) is 5.32 Å². The van der Waals surface area contributed by atoms with Crippen LogP contribution in [0.25, 0.3) is 0 Å². The third-order valence-corrected chi connectivity index (χ3v) is 4.23. The van der Waals surface area contributed by atoms with Crippen LogP contribution in [0.2, 0.25) is 0 Å². The molecule has 100 valence electrons. The van der Waals surface area contributed by atoms with Crippen LogP contribution in [0, 0.1) is 10.1 Å². The van der Waals surface area contributed by atoms with Crippen molar-refractivity contribution in [2.24, 2.45) is 0 Å². The minimum atomic E-state index is -0.379. The monoisotopic (exact) mass is 340 g/mol. The number of thiophene rings is 1. The average molecular weight is 341 g/mol. The molecule has 0 aliphatic heterocycles. The molecular weight excluding hydrogens is 328 g/mol. The highest BCUT2D eigenvalue weighted by Crippen LogP contribution is 2.26. The number of rotatable bonds is 5. The van der Waals surface area contributed by atoms with E-state index in [1.165, 1.54) is 5.56 Å². The Morgan fingerprint density at radius 3 is 2.89 bits per heavy atom. The number of nitrogens with zero attached hydrogens (tertiary/aromatic N) is 1. The van der Waals surface area contributed by atoms with Crippen molar-refractivity contribution in [3.05, 3.63) is 60.7 Å². The quantitative estimate of drug-likeness (QED) is 0.653. The van der Waals surface area contributed by atoms with E-state index in [0.29, 0.717) is 11.0 Å². The topological polar surface area (TPSA) is 55.2 Å². The highest BCUT2D eigenvalue weighted by atomic mass is 79.9. The van der Waals surface area contributed by atoms with Gasteiger partial charge in [-0.2, -0.15) is 11.3 Å². The smallest absolute Gasteiger partial charge is 0.283 e. The first kappa shape index (κ1) is 14.2. The SMILES string of the molecule is CC(NCc1ccc(Br)c([N+](=O)[O-])c1)c1ccsc1. The number of halogens is 1. The Morgan fingerprint density at radius 2 is 2.26 bits per heavy atom. The van der Waals surface area contributed by atoms with E-state index < -0.39 is 0 Å². The normalized spacial score (nSPS) is 12.3. The van der Waals surface area contributed by atoms with Gasteiger partial charge in [0, 0.05) is 18.7 Å². The molecule has 0 spiro atoms. The largest absolute Gasteiger partial charge is 0.306 e. The van der Waals surface area contributed by atoms with Crippen molar-refractivity contribution in [2.45, 2.75) is 19.5 Å². The van der Waals surface area contributed by atoms with Gasteiger partial charge in [-0.1, -0.05) is 6.07 Å². The summed E-state index contributed by atoms with van der Waals surface area (Å²) >= 11 is 4.84. The Morgan fingerprint density at radius 1 is 1.47 bits per heavy atom. The molecule has 1 heterocycles. The zero-order chi connectivity index (χ0) is 13.8. The third-order valence-electron chi connectivity index (χ3n) is 2.86. The lowest BCUT2D eigenvalue weighted by Gasteiger charge is -2.12. The molecule has 0 aliphatic carbocycles. The van der Waals surface area contributed by atoms with E-state index in [-0.39, 0.29) is 16.7 Å². The Bertz CT molecular complexity index is 572. The van der Waals surface area contributed by atoms with Gasteiger partial charge in [0.05, 0.1) is 9.40 Å². The number of nitrogens with one attached hydrogen (secondary N) is 1. The van der Waals surface area contributed by atoms with E-state index in [4.69, 9.17) is 0 Å². The molecule has 2 rings (SSSR count). The molecule has 6 heteroatoms. The molecule has 2 aromatic rings. The molecule has 4 nitrogen and oxygen atoms in total. The molecule has 0 radical (unpaired) electrons. The van der Waals surface area contributed by atoms with Crippen molar-refractivity contribution in [3.8, 4) is 0 Å². The fraction of sp³-hybridized carbons (Fsp3) is 0.231. The highest BCUT2D eigenvalue weighted by molar-refractivity contribution is 9.10. The number of nitro groups is 1. The van der Waals surface area contributed by atoms with Crippen LogP contribution < -0.4 is 5.32 Å². The molecule has 0 amide bonds. The average Bonchev–Trinajstić information content (AvgIpc) is 2.91. The van der Waals surface area contributed by atoms with Crippen LogP contribution in [0.3, 0.4) is 0 Å². The van der Waals surface area contributed by atoms with Gasteiger partial charge in [0.25, 0.3) is 5.69 Å². The molecule has 1 atom stereocenters. The summed E-state index contributed by atoms with van der Waals surface area (Å²) in [5.74, 6) is 0. The van der Waals surface area contributed by atoms with E-state index in [0.717, 1.165) is 5.56 Å². The molecular formula is C13H13BrN2O2S. The molecule has 0 saturated heterocycles. The first-order valence-corrected chi connectivity index (χ1v) is 7.50. The zero-order valence-corrected chi connectivity index (χ0v) is 12.7. The minimum Gasteiger partial charge on any atom is -0.306 e. The number of benzene rings is 1. The maximum Gasteiger partial charge on any atom is 0.283 e. The summed E-state index contributed by atoms with van der Waals surface area (Å²) in [6, 6.07) is 7.49. The molecule has 1 aromatic carbocycles. The van der Waals surface area contributed by atoms with E-state index in [9.17, 15) is 10.1 Å². The Kier molecular flexibility index (Phi) is 4.68. The first-order valence-electron chi connectivity index (χ1n) is 5.76. The van der Waals surface area contributed by atoms with Gasteiger partial charge in [-0.05, 0) is 56.9 Å². The lowest BCUT2D eigenvalue weighted by Crippen LogP contribution is -2.17. The van der Waals surface area contributed by atoms with Crippen LogP contribution in [0.5, 0.6) is 0 Å². The van der Waals surface area contributed by atoms with Crippen LogP contribution in [-0.4, -0.2) is 4.92 Å². The van der Waals surface area contributed by atoms with Crippen LogP contribution in [0.1, 0.15) is 24.1 Å². The van der Waals surface area contributed by atoms with Crippen molar-refractivity contribution in [2.75, 3.05) is 0 Å². The highest BCUT2D eigenvalue weighted by Gasteiger charge is 2.12. The summed E-state index contributed by atoms with van der Waals surface area (Å²) in [4.78, 5) is 10.5. The van der Waals surface area contributed by atoms with E-state index in [1.807, 2.05) is 11.4 Å². The van der Waals surface area contributed by atoms with Crippen LogP contribution >= 0.6 is 27.3 Å². The second-order valence-corrected chi connectivity index (χ2v) is 5.84. The fourth-order valence-corrected chi connectivity index (χ4v) is 2.86. The van der Waals surface area contributed by atoms with Gasteiger partial charge in [-0.3, -0.25) is 10.1 Å². The molecule has 0 aliphatic rings. The van der Waals surface area contributed by atoms with Crippen LogP contribution in [0.4, 0.5) is 5.69 Å². The predicted octanol–water partition coefficient (Wildman–Crippen LogP) is 4.27. The number of hydrogen-bond donors (Lipinski definition) is 1. The predicted molar refractivity (Wildman–Crippen MR) is 80.4 cm³/mol. The molecule has 1 N–H and O–H groups in total.